The number of ether oxygens (including phenoxy) is 1. The minimum absolute atomic E-state index is 0.0407. The molecule has 0 heterocycles. The lowest BCUT2D eigenvalue weighted by molar-refractivity contribution is -0.0146. The molecule has 82 valence electrons. The van der Waals surface area contributed by atoms with Gasteiger partial charge in [0.25, 0.3) is 0 Å². The summed E-state index contributed by atoms with van der Waals surface area (Å²) in [5.41, 5.74) is -0.224. The normalized spacial score (nSPS) is 33.1. The molecule has 0 amide bonds. The van der Waals surface area contributed by atoms with E-state index in [0.29, 0.717) is 6.42 Å². The van der Waals surface area contributed by atoms with E-state index in [-0.39, 0.29) is 22.2 Å². The molecule has 0 bridgehead atoms. The molecule has 14 heavy (non-hydrogen) atoms. The van der Waals surface area contributed by atoms with Crippen LogP contribution in [0.4, 0.5) is 0 Å². The zero-order chi connectivity index (χ0) is 10.6. The highest BCUT2D eigenvalue weighted by atomic mass is 32.2. The molecule has 0 unspecified atom stereocenters. The van der Waals surface area contributed by atoms with Crippen LogP contribution < -0.4 is 0 Å². The van der Waals surface area contributed by atoms with Crippen molar-refractivity contribution in [3.05, 3.63) is 0 Å². The van der Waals surface area contributed by atoms with Gasteiger partial charge in [-0.05, 0) is 40.0 Å². The Morgan fingerprint density at radius 1 is 1.21 bits per heavy atom. The maximum Gasteiger partial charge on any atom is 0.158 e. The first-order valence-electron chi connectivity index (χ1n) is 5.21. The Morgan fingerprint density at radius 3 is 2.21 bits per heavy atom. The van der Waals surface area contributed by atoms with Crippen molar-refractivity contribution in [2.45, 2.75) is 62.2 Å². The van der Waals surface area contributed by atoms with Gasteiger partial charge in [-0.25, -0.2) is 8.42 Å². The number of sulfone groups is 1. The Labute approximate surface area is 85.8 Å². The first-order chi connectivity index (χ1) is 6.31. The van der Waals surface area contributed by atoms with E-state index < -0.39 is 9.84 Å². The van der Waals surface area contributed by atoms with Crippen LogP contribution in [-0.4, -0.2) is 30.6 Å². The van der Waals surface area contributed by atoms with Gasteiger partial charge in [0.05, 0.1) is 22.2 Å². The molecule has 3 nitrogen and oxygen atoms in total. The fraction of sp³-hybridized carbons (Fsp3) is 1.00. The fourth-order valence-corrected chi connectivity index (χ4v) is 3.94. The van der Waals surface area contributed by atoms with Gasteiger partial charge in [-0.2, -0.15) is 0 Å². The van der Waals surface area contributed by atoms with Crippen molar-refractivity contribution in [1.82, 2.24) is 0 Å². The van der Waals surface area contributed by atoms with Gasteiger partial charge in [0.15, 0.2) is 9.84 Å². The van der Waals surface area contributed by atoms with E-state index in [2.05, 4.69) is 0 Å². The minimum atomic E-state index is -2.84. The van der Waals surface area contributed by atoms with Crippen LogP contribution >= 0.6 is 0 Å². The molecule has 0 radical (unpaired) electrons. The van der Waals surface area contributed by atoms with E-state index in [1.807, 2.05) is 20.8 Å². The van der Waals surface area contributed by atoms with Crippen LogP contribution in [0.25, 0.3) is 0 Å². The third kappa shape index (κ3) is 2.11. The summed E-state index contributed by atoms with van der Waals surface area (Å²) in [5.74, 6) is 0. The Kier molecular flexibility index (Phi) is 2.20. The van der Waals surface area contributed by atoms with E-state index in [0.717, 1.165) is 12.8 Å². The zero-order valence-corrected chi connectivity index (χ0v) is 9.80. The van der Waals surface area contributed by atoms with Gasteiger partial charge in [-0.15, -0.1) is 0 Å². The summed E-state index contributed by atoms with van der Waals surface area (Å²) in [7, 11) is -2.84. The molecular formula is C10H18O3S. The molecule has 0 aromatic heterocycles. The second-order valence-corrected chi connectivity index (χ2v) is 7.78. The first-order valence-corrected chi connectivity index (χ1v) is 6.82. The van der Waals surface area contributed by atoms with E-state index in [4.69, 9.17) is 4.74 Å². The van der Waals surface area contributed by atoms with Crippen LogP contribution in [0.3, 0.4) is 0 Å². The van der Waals surface area contributed by atoms with E-state index >= 15 is 0 Å². The molecule has 0 saturated heterocycles. The lowest BCUT2D eigenvalue weighted by Gasteiger charge is -2.19. The average Bonchev–Trinajstić information content (AvgIpc) is 2.76. The fourth-order valence-electron chi connectivity index (χ4n) is 1.72. The van der Waals surface area contributed by atoms with Crippen LogP contribution in [0.15, 0.2) is 0 Å². The molecule has 2 fully saturated rings. The summed E-state index contributed by atoms with van der Waals surface area (Å²) < 4.78 is 29.2. The monoisotopic (exact) mass is 218 g/mol. The largest absolute Gasteiger partial charge is 0.371 e. The van der Waals surface area contributed by atoms with Crippen LogP contribution in [0, 0.1) is 0 Å². The summed E-state index contributed by atoms with van der Waals surface area (Å²) in [6.45, 7) is 5.89. The van der Waals surface area contributed by atoms with Crippen molar-refractivity contribution in [3.63, 3.8) is 0 Å². The molecule has 0 aromatic rings. The van der Waals surface area contributed by atoms with Crippen LogP contribution in [-0.2, 0) is 14.6 Å². The van der Waals surface area contributed by atoms with Gasteiger partial charge in [-0.3, -0.25) is 0 Å². The Balaban J connectivity index is 1.93. The molecule has 2 rings (SSSR count). The molecule has 0 spiro atoms. The van der Waals surface area contributed by atoms with Crippen LogP contribution in [0.1, 0.15) is 40.0 Å². The first kappa shape index (κ1) is 10.4. The van der Waals surface area contributed by atoms with E-state index in [9.17, 15) is 8.42 Å². The maximum atomic E-state index is 11.8. The zero-order valence-electron chi connectivity index (χ0n) is 8.99. The van der Waals surface area contributed by atoms with Gasteiger partial charge in [0, 0.05) is 0 Å². The summed E-state index contributed by atoms with van der Waals surface area (Å²) in [5, 5.41) is -0.240. The lowest BCUT2D eigenvalue weighted by Crippen LogP contribution is -2.24. The highest BCUT2D eigenvalue weighted by molar-refractivity contribution is 7.93. The lowest BCUT2D eigenvalue weighted by atomic mass is 10.2. The SMILES string of the molecule is CC(C)(C)O[C@@H]1C[C@@H]1S(=O)(=O)C1CC1. The molecule has 2 aliphatic rings. The smallest absolute Gasteiger partial charge is 0.158 e. The number of hydrogen-bond donors (Lipinski definition) is 0. The molecule has 2 saturated carbocycles. The van der Waals surface area contributed by atoms with Crippen molar-refractivity contribution in [2.24, 2.45) is 0 Å². The minimum Gasteiger partial charge on any atom is -0.371 e. The molecule has 0 aliphatic heterocycles. The Morgan fingerprint density at radius 2 is 1.79 bits per heavy atom. The molecule has 0 aromatic carbocycles. The van der Waals surface area contributed by atoms with Gasteiger partial charge in [0.1, 0.15) is 0 Å². The molecule has 0 N–H and O–H groups in total. The third-order valence-corrected chi connectivity index (χ3v) is 5.33. The van der Waals surface area contributed by atoms with E-state index in [1.54, 1.807) is 0 Å². The van der Waals surface area contributed by atoms with Crippen molar-refractivity contribution >= 4 is 9.84 Å². The number of hydrogen-bond acceptors (Lipinski definition) is 3. The topological polar surface area (TPSA) is 43.4 Å². The van der Waals surface area contributed by atoms with Gasteiger partial charge in [-0.1, -0.05) is 0 Å². The predicted octanol–water partition coefficient (Wildman–Crippen LogP) is 1.52. The van der Waals surface area contributed by atoms with Crippen molar-refractivity contribution in [3.8, 4) is 0 Å². The Hall–Kier alpha value is -0.0900. The molecule has 2 aliphatic carbocycles. The second-order valence-electron chi connectivity index (χ2n) is 5.33. The summed E-state index contributed by atoms with van der Waals surface area (Å²) in [6, 6.07) is 0. The molecular weight excluding hydrogens is 200 g/mol. The van der Waals surface area contributed by atoms with Crippen molar-refractivity contribution < 1.29 is 13.2 Å². The quantitative estimate of drug-likeness (QED) is 0.721. The third-order valence-electron chi connectivity index (χ3n) is 2.59. The highest BCUT2D eigenvalue weighted by Crippen LogP contribution is 2.43. The second kappa shape index (κ2) is 2.95. The van der Waals surface area contributed by atoms with Gasteiger partial charge < -0.3 is 4.74 Å². The van der Waals surface area contributed by atoms with Crippen molar-refractivity contribution in [2.75, 3.05) is 0 Å². The Bertz CT molecular complexity index is 322. The van der Waals surface area contributed by atoms with Gasteiger partial charge >= 0.3 is 0 Å². The summed E-state index contributed by atoms with van der Waals surface area (Å²) >= 11 is 0. The maximum absolute atomic E-state index is 11.8. The standard InChI is InChI=1S/C10H18O3S/c1-10(2,3)13-8-6-9(8)14(11,12)7-4-5-7/h7-9H,4-6H2,1-3H3/t8-,9+/m1/s1. The summed E-state index contributed by atoms with van der Waals surface area (Å²) in [6.07, 6.45) is 2.39. The molecule has 2 atom stereocenters. The van der Waals surface area contributed by atoms with Crippen LogP contribution in [0.5, 0.6) is 0 Å². The summed E-state index contributed by atoms with van der Waals surface area (Å²) in [4.78, 5) is 0. The van der Waals surface area contributed by atoms with Gasteiger partial charge in [0.2, 0.25) is 0 Å². The highest BCUT2D eigenvalue weighted by Gasteiger charge is 2.54. The van der Waals surface area contributed by atoms with Crippen LogP contribution in [0.2, 0.25) is 0 Å². The number of rotatable bonds is 3. The van der Waals surface area contributed by atoms with Crippen molar-refractivity contribution in [1.29, 1.82) is 0 Å². The molecule has 4 heteroatoms. The predicted molar refractivity (Wildman–Crippen MR) is 55.0 cm³/mol. The average molecular weight is 218 g/mol. The van der Waals surface area contributed by atoms with E-state index in [1.165, 1.54) is 0 Å².